The number of hydrogen-bond acceptors (Lipinski definition) is 7. The van der Waals surface area contributed by atoms with E-state index in [1.165, 1.54) is 0 Å². The van der Waals surface area contributed by atoms with Gasteiger partial charge in [-0.3, -0.25) is 0 Å². The van der Waals surface area contributed by atoms with Gasteiger partial charge >= 0.3 is 37.7 Å². The number of rotatable bonds is 5. The van der Waals surface area contributed by atoms with Gasteiger partial charge in [0.2, 0.25) is 0 Å². The van der Waals surface area contributed by atoms with Crippen LogP contribution in [0.4, 0.5) is 0 Å². The summed E-state index contributed by atoms with van der Waals surface area (Å²) in [7, 11) is 0. The third-order valence-electron chi connectivity index (χ3n) is 1.25. The van der Waals surface area contributed by atoms with Gasteiger partial charge in [0.25, 0.3) is 0 Å². The molecule has 122 valence electrons. The van der Waals surface area contributed by atoms with E-state index < -0.39 is 36.4 Å². The van der Waals surface area contributed by atoms with Gasteiger partial charge in [0.15, 0.2) is 0 Å². The van der Waals surface area contributed by atoms with Crippen molar-refractivity contribution in [2.75, 3.05) is 0 Å². The topological polar surface area (TPSA) is 330 Å². The van der Waals surface area contributed by atoms with Gasteiger partial charge in [-0.25, -0.2) is 0 Å². The molecule has 20 heavy (non-hydrogen) atoms. The third kappa shape index (κ3) is 19.7. The van der Waals surface area contributed by atoms with E-state index in [1.807, 2.05) is 0 Å². The molecule has 0 aromatic rings. The summed E-state index contributed by atoms with van der Waals surface area (Å²) in [6, 6.07) is 0. The van der Waals surface area contributed by atoms with Gasteiger partial charge in [-0.1, -0.05) is 0 Å². The van der Waals surface area contributed by atoms with Crippen molar-refractivity contribution in [2.45, 2.75) is 18.4 Å². The second kappa shape index (κ2) is 20.7. The predicted octanol–water partition coefficient (Wildman–Crippen LogP) is -10.6. The Morgan fingerprint density at radius 2 is 0.950 bits per heavy atom. The maximum Gasteiger partial charge on any atom is 2.00 e. The van der Waals surface area contributed by atoms with Crippen LogP contribution in [0.3, 0.4) is 0 Å². The zero-order valence-electron chi connectivity index (χ0n) is 10.0. The summed E-state index contributed by atoms with van der Waals surface area (Å²) in [6.45, 7) is 0. The standard InChI is InChI=1S/C6H8O7.Ca.6H2O/c7-3(8)1-6(13,5(11)12)2-4(9)10;;;;;;;/h13H,1-2H2,(H,7,8)(H,9,10)(H,11,12);;6*1H2/q;+2;;;;;;/p-3. The van der Waals surface area contributed by atoms with Crippen molar-refractivity contribution < 1.29 is 67.7 Å². The van der Waals surface area contributed by atoms with E-state index >= 15 is 0 Å². The Morgan fingerprint density at radius 1 is 0.750 bits per heavy atom. The Kier molecular flexibility index (Phi) is 52.3. The summed E-state index contributed by atoms with van der Waals surface area (Å²) in [6.07, 6.45) is -2.72. The molecule has 0 radical (unpaired) electrons. The van der Waals surface area contributed by atoms with Gasteiger partial charge in [0, 0.05) is 24.8 Å². The number of aliphatic carboxylic acids is 3. The fourth-order valence-electron chi connectivity index (χ4n) is 0.684. The molecule has 0 saturated carbocycles. The van der Waals surface area contributed by atoms with Crippen molar-refractivity contribution >= 4 is 55.6 Å². The van der Waals surface area contributed by atoms with Crippen LogP contribution in [0.1, 0.15) is 12.8 Å². The Balaban J connectivity index is -0.0000000343. The smallest absolute Gasteiger partial charge is 0.550 e. The third-order valence-corrected chi connectivity index (χ3v) is 1.25. The molecule has 0 amide bonds. The normalized spacial score (nSPS) is 7.05. The minimum Gasteiger partial charge on any atom is -0.550 e. The number of hydrogen-bond donors (Lipinski definition) is 1. The van der Waals surface area contributed by atoms with E-state index in [0.29, 0.717) is 0 Å². The molecule has 0 aliphatic carbocycles. The summed E-state index contributed by atoms with van der Waals surface area (Å²) in [5.41, 5.74) is -2.97. The fraction of sp³-hybridized carbons (Fsp3) is 0.500. The van der Waals surface area contributed by atoms with E-state index in [0.717, 1.165) is 0 Å². The van der Waals surface area contributed by atoms with Crippen molar-refractivity contribution in [3.63, 3.8) is 0 Å². The molecule has 14 heteroatoms. The summed E-state index contributed by atoms with van der Waals surface area (Å²) in [5, 5.41) is 38.9. The van der Waals surface area contributed by atoms with Crippen LogP contribution in [-0.4, -0.2) is 99.2 Å². The van der Waals surface area contributed by atoms with Gasteiger partial charge < -0.3 is 67.7 Å². The average Bonchev–Trinajstić information content (AvgIpc) is 1.82. The van der Waals surface area contributed by atoms with Crippen LogP contribution in [0.25, 0.3) is 0 Å². The van der Waals surface area contributed by atoms with Crippen LogP contribution < -0.4 is 15.3 Å². The predicted molar refractivity (Wildman–Crippen MR) is 56.6 cm³/mol. The van der Waals surface area contributed by atoms with Gasteiger partial charge in [0.05, 0.1) is 5.97 Å². The van der Waals surface area contributed by atoms with Crippen LogP contribution in [0.15, 0.2) is 0 Å². The first-order valence-electron chi connectivity index (χ1n) is 3.11. The van der Waals surface area contributed by atoms with Crippen LogP contribution >= 0.6 is 0 Å². The fourth-order valence-corrected chi connectivity index (χ4v) is 0.684. The Bertz CT molecular complexity index is 237. The van der Waals surface area contributed by atoms with Crippen molar-refractivity contribution in [3.05, 3.63) is 0 Å². The quantitative estimate of drug-likeness (QED) is 0.471. The SMILES string of the molecule is O.O.O.O.O.O.O=C([O-])CC(O)(CC(=O)[O-])C(=O)[O-].[Ca+2]. The van der Waals surface area contributed by atoms with Crippen molar-refractivity contribution in [1.82, 2.24) is 0 Å². The van der Waals surface area contributed by atoms with Crippen molar-refractivity contribution in [1.29, 1.82) is 0 Å². The molecule has 0 aliphatic heterocycles. The Morgan fingerprint density at radius 3 is 1.05 bits per heavy atom. The Labute approximate surface area is 141 Å². The molecule has 0 rings (SSSR count). The first-order valence-corrected chi connectivity index (χ1v) is 3.11. The summed E-state index contributed by atoms with van der Waals surface area (Å²) in [5.74, 6) is -5.98. The van der Waals surface area contributed by atoms with Crippen LogP contribution in [0, 0.1) is 0 Å². The molecule has 0 aromatic carbocycles. The van der Waals surface area contributed by atoms with Crippen LogP contribution in [0.5, 0.6) is 0 Å². The number of carboxylic acids is 3. The molecule has 0 atom stereocenters. The second-order valence-corrected chi connectivity index (χ2v) is 2.42. The minimum absolute atomic E-state index is 0. The Hall–Kier alpha value is -0.610. The molecular weight excluding hydrogens is 320 g/mol. The van der Waals surface area contributed by atoms with Gasteiger partial charge in [-0.2, -0.15) is 0 Å². The van der Waals surface area contributed by atoms with E-state index in [9.17, 15) is 29.7 Å². The molecule has 0 aliphatic rings. The summed E-state index contributed by atoms with van der Waals surface area (Å²) >= 11 is 0. The minimum atomic E-state index is -2.97. The molecule has 0 fully saturated rings. The molecule has 0 spiro atoms. The maximum absolute atomic E-state index is 10.1. The largest absolute Gasteiger partial charge is 2.00 e. The van der Waals surface area contributed by atoms with E-state index in [-0.39, 0.29) is 70.6 Å². The monoisotopic (exact) mass is 337 g/mol. The van der Waals surface area contributed by atoms with Gasteiger partial charge in [-0.15, -0.1) is 0 Å². The number of carboxylic acid groups (broad SMARTS) is 3. The summed E-state index contributed by atoms with van der Waals surface area (Å²) < 4.78 is 0. The average molecular weight is 337 g/mol. The second-order valence-electron chi connectivity index (χ2n) is 2.42. The molecule has 0 unspecified atom stereocenters. The molecular formula is C6H17CaO13-. The maximum atomic E-state index is 10.1. The van der Waals surface area contributed by atoms with E-state index in [1.54, 1.807) is 0 Å². The van der Waals surface area contributed by atoms with Crippen LogP contribution in [-0.2, 0) is 14.4 Å². The van der Waals surface area contributed by atoms with Crippen molar-refractivity contribution in [2.24, 2.45) is 0 Å². The molecule has 0 aromatic heterocycles. The number of aliphatic hydroxyl groups is 1. The zero-order chi connectivity index (χ0) is 10.6. The molecule has 0 saturated heterocycles. The first kappa shape index (κ1) is 50.5. The van der Waals surface area contributed by atoms with E-state index in [2.05, 4.69) is 0 Å². The molecule has 13 nitrogen and oxygen atoms in total. The molecule has 0 bridgehead atoms. The van der Waals surface area contributed by atoms with Crippen molar-refractivity contribution in [3.8, 4) is 0 Å². The number of carbonyl (C=O) groups is 3. The van der Waals surface area contributed by atoms with Gasteiger partial charge in [-0.05, 0) is 0 Å². The molecule has 0 heterocycles. The van der Waals surface area contributed by atoms with E-state index in [4.69, 9.17) is 5.11 Å². The molecule has 13 N–H and O–H groups in total. The number of carbonyl (C=O) groups excluding carboxylic acids is 3. The van der Waals surface area contributed by atoms with Gasteiger partial charge in [0.1, 0.15) is 5.60 Å². The first-order chi connectivity index (χ1) is 5.78. The zero-order valence-corrected chi connectivity index (χ0v) is 12.2. The van der Waals surface area contributed by atoms with Crippen LogP contribution in [0.2, 0.25) is 0 Å². The summed E-state index contributed by atoms with van der Waals surface area (Å²) in [4.78, 5) is 30.0.